The van der Waals surface area contributed by atoms with Crippen molar-refractivity contribution in [2.24, 2.45) is 5.41 Å². The van der Waals surface area contributed by atoms with Crippen LogP contribution < -0.4 is 5.32 Å². The molecule has 7 heteroatoms. The Morgan fingerprint density at radius 3 is 2.41 bits per heavy atom. The quantitative estimate of drug-likeness (QED) is 0.840. The molecule has 0 saturated heterocycles. The van der Waals surface area contributed by atoms with Gasteiger partial charge in [-0.2, -0.15) is 13.2 Å². The molecule has 118 valence electrons. The van der Waals surface area contributed by atoms with Crippen molar-refractivity contribution in [1.29, 1.82) is 0 Å². The lowest BCUT2D eigenvalue weighted by Crippen LogP contribution is -2.38. The molecular weight excluding hydrogens is 299 g/mol. The molecule has 2 aliphatic carbocycles. The van der Waals surface area contributed by atoms with Gasteiger partial charge in [0.15, 0.2) is 0 Å². The zero-order valence-electron chi connectivity index (χ0n) is 11.5. The maximum absolute atomic E-state index is 13.0. The Hall–Kier alpha value is -2.05. The highest BCUT2D eigenvalue weighted by atomic mass is 19.4. The van der Waals surface area contributed by atoms with Crippen LogP contribution in [0.15, 0.2) is 24.3 Å². The van der Waals surface area contributed by atoms with E-state index in [1.165, 1.54) is 18.2 Å². The summed E-state index contributed by atoms with van der Waals surface area (Å²) in [6.07, 6.45) is -3.48. The van der Waals surface area contributed by atoms with Crippen LogP contribution in [0.4, 0.5) is 13.2 Å². The van der Waals surface area contributed by atoms with Crippen molar-refractivity contribution < 1.29 is 27.9 Å². The highest BCUT2D eigenvalue weighted by Gasteiger charge is 2.58. The summed E-state index contributed by atoms with van der Waals surface area (Å²) in [5, 5.41) is 11.6. The number of hydrogen-bond acceptors (Lipinski definition) is 2. The number of aliphatic carboxylic acids is 1. The number of alkyl halides is 3. The van der Waals surface area contributed by atoms with E-state index in [0.717, 1.165) is 6.07 Å². The second-order valence-electron chi connectivity index (χ2n) is 5.89. The second kappa shape index (κ2) is 4.72. The molecule has 0 aromatic heterocycles. The molecule has 0 aliphatic heterocycles. The molecule has 0 radical (unpaired) electrons. The van der Waals surface area contributed by atoms with Crippen molar-refractivity contribution in [2.75, 3.05) is 0 Å². The molecule has 2 saturated carbocycles. The fourth-order valence-corrected chi connectivity index (χ4v) is 2.75. The van der Waals surface area contributed by atoms with E-state index in [1.54, 1.807) is 0 Å². The minimum absolute atomic E-state index is 0.153. The lowest BCUT2D eigenvalue weighted by atomic mass is 10.0. The first-order valence-electron chi connectivity index (χ1n) is 6.96. The predicted molar refractivity (Wildman–Crippen MR) is 70.0 cm³/mol. The lowest BCUT2D eigenvalue weighted by molar-refractivity contribution is -0.149. The summed E-state index contributed by atoms with van der Waals surface area (Å²) in [5.41, 5.74) is -1.91. The summed E-state index contributed by atoms with van der Waals surface area (Å²) in [7, 11) is 0. The molecule has 1 amide bonds. The van der Waals surface area contributed by atoms with Gasteiger partial charge in [0.2, 0.25) is 5.91 Å². The summed E-state index contributed by atoms with van der Waals surface area (Å²) in [5.74, 6) is -2.17. The van der Waals surface area contributed by atoms with Crippen LogP contribution in [-0.2, 0) is 15.8 Å². The van der Waals surface area contributed by atoms with Crippen LogP contribution in [0.2, 0.25) is 0 Å². The number of amides is 1. The molecule has 1 aromatic carbocycles. The van der Waals surface area contributed by atoms with E-state index in [0.29, 0.717) is 6.42 Å². The topological polar surface area (TPSA) is 66.4 Å². The van der Waals surface area contributed by atoms with Gasteiger partial charge >= 0.3 is 12.1 Å². The molecular formula is C15H14F3NO3. The second-order valence-corrected chi connectivity index (χ2v) is 5.89. The van der Waals surface area contributed by atoms with Gasteiger partial charge in [0.05, 0.1) is 5.56 Å². The summed E-state index contributed by atoms with van der Waals surface area (Å²) < 4.78 is 38.9. The highest BCUT2D eigenvalue weighted by Crippen LogP contribution is 2.49. The molecule has 0 heterocycles. The van der Waals surface area contributed by atoms with Crippen molar-refractivity contribution in [2.45, 2.75) is 37.4 Å². The summed E-state index contributed by atoms with van der Waals surface area (Å²) in [6.45, 7) is 0. The number of benzene rings is 1. The Morgan fingerprint density at radius 2 is 1.86 bits per heavy atom. The van der Waals surface area contributed by atoms with Gasteiger partial charge in [0.1, 0.15) is 5.41 Å². The van der Waals surface area contributed by atoms with Crippen LogP contribution in [-0.4, -0.2) is 23.0 Å². The van der Waals surface area contributed by atoms with E-state index in [1.807, 2.05) is 0 Å². The summed E-state index contributed by atoms with van der Waals surface area (Å²) in [6, 6.07) is 4.86. The van der Waals surface area contributed by atoms with Gasteiger partial charge in [-0.3, -0.25) is 9.59 Å². The maximum Gasteiger partial charge on any atom is 0.416 e. The first kappa shape index (κ1) is 14.9. The average molecular weight is 313 g/mol. The van der Waals surface area contributed by atoms with Gasteiger partial charge in [-0.05, 0) is 30.9 Å². The summed E-state index contributed by atoms with van der Waals surface area (Å²) in [4.78, 5) is 23.0. The van der Waals surface area contributed by atoms with Gasteiger partial charge in [-0.25, -0.2) is 0 Å². The number of halogens is 3. The Bertz CT molecular complexity index is 637. The molecule has 1 aromatic rings. The van der Waals surface area contributed by atoms with Crippen LogP contribution in [0, 0.1) is 5.41 Å². The van der Waals surface area contributed by atoms with Gasteiger partial charge < -0.3 is 10.4 Å². The fourth-order valence-electron chi connectivity index (χ4n) is 2.75. The van der Waals surface area contributed by atoms with Crippen molar-refractivity contribution in [1.82, 2.24) is 5.32 Å². The van der Waals surface area contributed by atoms with Crippen LogP contribution in [0.1, 0.15) is 36.3 Å². The number of carboxylic acid groups (broad SMARTS) is 1. The zero-order chi connectivity index (χ0) is 16.1. The third-order valence-corrected chi connectivity index (χ3v) is 4.37. The van der Waals surface area contributed by atoms with Crippen molar-refractivity contribution in [3.63, 3.8) is 0 Å². The number of carbonyl (C=O) groups excluding carboxylic acids is 1. The lowest BCUT2D eigenvalue weighted by Gasteiger charge is -2.14. The molecule has 22 heavy (non-hydrogen) atoms. The molecule has 2 atom stereocenters. The predicted octanol–water partition coefficient (Wildman–Crippen LogP) is 2.54. The number of nitrogens with one attached hydrogen (secondary N) is 1. The summed E-state index contributed by atoms with van der Waals surface area (Å²) >= 11 is 0. The van der Waals surface area contributed by atoms with Gasteiger partial charge in [-0.15, -0.1) is 0 Å². The first-order valence-corrected chi connectivity index (χ1v) is 6.96. The molecule has 0 spiro atoms. The highest BCUT2D eigenvalue weighted by molar-refractivity contribution is 6.05. The Balaban J connectivity index is 1.71. The minimum Gasteiger partial charge on any atom is -0.480 e. The number of rotatable bonds is 4. The Labute approximate surface area is 124 Å². The van der Waals surface area contributed by atoms with Crippen LogP contribution in [0.3, 0.4) is 0 Å². The number of carbonyl (C=O) groups is 2. The normalized spacial score (nSPS) is 25.4. The van der Waals surface area contributed by atoms with Crippen LogP contribution >= 0.6 is 0 Å². The molecule has 2 N–H and O–H groups in total. The molecule has 0 bridgehead atoms. The van der Waals surface area contributed by atoms with Gasteiger partial charge in [-0.1, -0.05) is 18.2 Å². The average Bonchev–Trinajstić information content (AvgIpc) is 3.32. The van der Waals surface area contributed by atoms with Crippen molar-refractivity contribution in [3.8, 4) is 0 Å². The van der Waals surface area contributed by atoms with E-state index >= 15 is 0 Å². The monoisotopic (exact) mass is 313 g/mol. The number of hydrogen-bond donors (Lipinski definition) is 2. The molecule has 2 aliphatic rings. The van der Waals surface area contributed by atoms with Crippen LogP contribution in [0.25, 0.3) is 0 Å². The largest absolute Gasteiger partial charge is 0.480 e. The van der Waals surface area contributed by atoms with Gasteiger partial charge in [0, 0.05) is 12.0 Å². The smallest absolute Gasteiger partial charge is 0.416 e. The fraction of sp³-hybridized carbons (Fsp3) is 0.467. The molecule has 0 unspecified atom stereocenters. The van der Waals surface area contributed by atoms with E-state index in [4.69, 9.17) is 5.11 Å². The van der Waals surface area contributed by atoms with Crippen molar-refractivity contribution >= 4 is 11.9 Å². The standard InChI is InChI=1S/C15H14F3NO3/c16-15(17,18)10-4-2-1-3-8(10)9-7-11(9)19-12(20)14(5-6-14)13(21)22/h1-4,9,11H,5-7H2,(H,19,20)(H,21,22)/t9-,11+/m0/s1. The van der Waals surface area contributed by atoms with Gasteiger partial charge in [0.25, 0.3) is 0 Å². The first-order chi connectivity index (χ1) is 10.3. The molecule has 4 nitrogen and oxygen atoms in total. The van der Waals surface area contributed by atoms with E-state index < -0.39 is 41.0 Å². The number of carboxylic acids is 1. The van der Waals surface area contributed by atoms with Crippen molar-refractivity contribution in [3.05, 3.63) is 35.4 Å². The van der Waals surface area contributed by atoms with E-state index in [2.05, 4.69) is 5.32 Å². The van der Waals surface area contributed by atoms with Crippen LogP contribution in [0.5, 0.6) is 0 Å². The Morgan fingerprint density at radius 1 is 1.23 bits per heavy atom. The van der Waals surface area contributed by atoms with E-state index in [9.17, 15) is 22.8 Å². The van der Waals surface area contributed by atoms with E-state index in [-0.39, 0.29) is 18.4 Å². The molecule has 2 fully saturated rings. The third kappa shape index (κ3) is 2.44. The zero-order valence-corrected chi connectivity index (χ0v) is 11.5. The molecule has 3 rings (SSSR count). The minimum atomic E-state index is -4.44. The SMILES string of the molecule is O=C(O)C1(C(=O)N[C@@H]2C[C@H]2c2ccccc2C(F)(F)F)CC1. The third-order valence-electron chi connectivity index (χ3n) is 4.37. The maximum atomic E-state index is 13.0. The Kier molecular flexibility index (Phi) is 3.19.